The largest absolute Gasteiger partial charge is 0.328 e. The van der Waals surface area contributed by atoms with Gasteiger partial charge in [-0.15, -0.1) is 0 Å². The van der Waals surface area contributed by atoms with Crippen LogP contribution in [0.1, 0.15) is 18.1 Å². The molecule has 1 unspecified atom stereocenters. The summed E-state index contributed by atoms with van der Waals surface area (Å²) in [6, 6.07) is 6.22. The van der Waals surface area contributed by atoms with Crippen LogP contribution >= 0.6 is 0 Å². The molecular weight excluding hydrogens is 176 g/mol. The van der Waals surface area contributed by atoms with E-state index in [9.17, 15) is 4.79 Å². The van der Waals surface area contributed by atoms with Crippen molar-refractivity contribution in [3.63, 3.8) is 0 Å². The topological polar surface area (TPSA) is 55.1 Å². The fourth-order valence-electron chi connectivity index (χ4n) is 1.76. The average Bonchev–Trinajstić information content (AvgIpc) is 2.42. The highest BCUT2D eigenvalue weighted by molar-refractivity contribution is 5.99. The first-order chi connectivity index (χ1) is 6.65. The molecule has 1 amide bonds. The fraction of sp³-hybridized carbons (Fsp3) is 0.364. The lowest BCUT2D eigenvalue weighted by molar-refractivity contribution is -0.115. The number of amides is 1. The average molecular weight is 190 g/mol. The van der Waals surface area contributed by atoms with Gasteiger partial charge in [0.25, 0.3) is 0 Å². The van der Waals surface area contributed by atoms with Crippen molar-refractivity contribution in [2.24, 2.45) is 5.73 Å². The maximum atomic E-state index is 11.1. The molecule has 3 nitrogen and oxygen atoms in total. The predicted molar refractivity (Wildman–Crippen MR) is 56.1 cm³/mol. The zero-order valence-electron chi connectivity index (χ0n) is 8.21. The van der Waals surface area contributed by atoms with Gasteiger partial charge in [0.15, 0.2) is 0 Å². The van der Waals surface area contributed by atoms with E-state index in [1.165, 1.54) is 5.56 Å². The van der Waals surface area contributed by atoms with Gasteiger partial charge in [0.2, 0.25) is 5.91 Å². The van der Waals surface area contributed by atoms with Crippen molar-refractivity contribution >= 4 is 11.6 Å². The number of carbonyl (C=O) groups is 1. The van der Waals surface area contributed by atoms with Gasteiger partial charge in [-0.3, -0.25) is 4.79 Å². The molecule has 0 aliphatic carbocycles. The number of hydrogen-bond acceptors (Lipinski definition) is 2. The molecule has 0 fully saturated rings. The van der Waals surface area contributed by atoms with Crippen molar-refractivity contribution in [1.29, 1.82) is 0 Å². The van der Waals surface area contributed by atoms with Crippen LogP contribution in [0.25, 0.3) is 0 Å². The zero-order chi connectivity index (χ0) is 10.1. The molecule has 14 heavy (non-hydrogen) atoms. The third kappa shape index (κ3) is 1.77. The van der Waals surface area contributed by atoms with Gasteiger partial charge < -0.3 is 11.1 Å². The molecule has 2 rings (SSSR count). The van der Waals surface area contributed by atoms with Crippen molar-refractivity contribution in [1.82, 2.24) is 0 Å². The summed E-state index contributed by atoms with van der Waals surface area (Å²) in [5, 5.41) is 2.83. The Morgan fingerprint density at radius 1 is 1.57 bits per heavy atom. The lowest BCUT2D eigenvalue weighted by atomic mass is 10.0. The highest BCUT2D eigenvalue weighted by Gasteiger charge is 2.17. The molecule has 0 saturated carbocycles. The zero-order valence-corrected chi connectivity index (χ0v) is 8.21. The SMILES string of the molecule is CC(N)Cc1ccc2c(c1)NC(=O)C2. The normalized spacial score (nSPS) is 16.3. The minimum Gasteiger partial charge on any atom is -0.328 e. The van der Waals surface area contributed by atoms with Crippen molar-refractivity contribution in [2.45, 2.75) is 25.8 Å². The maximum absolute atomic E-state index is 11.1. The van der Waals surface area contributed by atoms with E-state index in [1.54, 1.807) is 0 Å². The first-order valence-corrected chi connectivity index (χ1v) is 4.82. The summed E-state index contributed by atoms with van der Waals surface area (Å²) in [5.74, 6) is 0.0814. The summed E-state index contributed by atoms with van der Waals surface area (Å²) in [6.45, 7) is 1.98. The summed E-state index contributed by atoms with van der Waals surface area (Å²) < 4.78 is 0. The van der Waals surface area contributed by atoms with Crippen molar-refractivity contribution in [2.75, 3.05) is 5.32 Å². The highest BCUT2D eigenvalue weighted by atomic mass is 16.1. The number of hydrogen-bond donors (Lipinski definition) is 2. The van der Waals surface area contributed by atoms with E-state index in [2.05, 4.69) is 5.32 Å². The Balaban J connectivity index is 2.24. The Bertz CT molecular complexity index is 372. The van der Waals surface area contributed by atoms with Gasteiger partial charge in [-0.1, -0.05) is 12.1 Å². The first-order valence-electron chi connectivity index (χ1n) is 4.82. The summed E-state index contributed by atoms with van der Waals surface area (Å²) in [6.07, 6.45) is 1.36. The molecule has 1 aromatic rings. The van der Waals surface area contributed by atoms with Crippen molar-refractivity contribution < 1.29 is 4.79 Å². The standard InChI is InChI=1S/C11H14N2O/c1-7(12)4-8-2-3-9-6-11(14)13-10(9)5-8/h2-3,5,7H,4,6,12H2,1H3,(H,13,14). The minimum atomic E-state index is 0.0814. The van der Waals surface area contributed by atoms with Gasteiger partial charge in [0.1, 0.15) is 0 Å². The molecule has 1 aromatic carbocycles. The third-order valence-electron chi connectivity index (χ3n) is 2.36. The van der Waals surface area contributed by atoms with Gasteiger partial charge >= 0.3 is 0 Å². The molecule has 74 valence electrons. The molecule has 1 heterocycles. The van der Waals surface area contributed by atoms with Crippen LogP contribution in [-0.4, -0.2) is 11.9 Å². The monoisotopic (exact) mass is 190 g/mol. The fourth-order valence-corrected chi connectivity index (χ4v) is 1.76. The first kappa shape index (κ1) is 9.21. The van der Waals surface area contributed by atoms with Crippen LogP contribution in [0.15, 0.2) is 18.2 Å². The quantitative estimate of drug-likeness (QED) is 0.733. The molecule has 0 aromatic heterocycles. The van der Waals surface area contributed by atoms with E-state index in [4.69, 9.17) is 5.73 Å². The number of nitrogens with two attached hydrogens (primary N) is 1. The van der Waals surface area contributed by atoms with E-state index in [-0.39, 0.29) is 11.9 Å². The Morgan fingerprint density at radius 3 is 3.07 bits per heavy atom. The summed E-state index contributed by atoms with van der Waals surface area (Å²) >= 11 is 0. The van der Waals surface area contributed by atoms with Crippen LogP contribution in [0.2, 0.25) is 0 Å². The lowest BCUT2D eigenvalue weighted by Crippen LogP contribution is -2.17. The van der Waals surface area contributed by atoms with Gasteiger partial charge in [-0.2, -0.15) is 0 Å². The van der Waals surface area contributed by atoms with Crippen LogP contribution in [0.5, 0.6) is 0 Å². The molecule has 3 N–H and O–H groups in total. The summed E-state index contributed by atoms with van der Waals surface area (Å²) in [5.41, 5.74) is 8.93. The number of anilines is 1. The number of carbonyl (C=O) groups excluding carboxylic acids is 1. The van der Waals surface area contributed by atoms with E-state index in [1.807, 2.05) is 25.1 Å². The second-order valence-electron chi connectivity index (χ2n) is 3.90. The van der Waals surface area contributed by atoms with E-state index >= 15 is 0 Å². The van der Waals surface area contributed by atoms with Crippen LogP contribution in [-0.2, 0) is 17.6 Å². The van der Waals surface area contributed by atoms with E-state index < -0.39 is 0 Å². The number of nitrogens with one attached hydrogen (secondary N) is 1. The second kappa shape index (κ2) is 3.42. The van der Waals surface area contributed by atoms with Gasteiger partial charge in [0, 0.05) is 11.7 Å². The molecule has 3 heteroatoms. The molecular formula is C11H14N2O. The maximum Gasteiger partial charge on any atom is 0.228 e. The number of rotatable bonds is 2. The molecule has 1 aliphatic rings. The molecule has 0 saturated heterocycles. The van der Waals surface area contributed by atoms with Crippen LogP contribution in [0.4, 0.5) is 5.69 Å². The third-order valence-corrected chi connectivity index (χ3v) is 2.36. The molecule has 0 spiro atoms. The van der Waals surface area contributed by atoms with Gasteiger partial charge in [0.05, 0.1) is 6.42 Å². The van der Waals surface area contributed by atoms with Crippen molar-refractivity contribution in [3.8, 4) is 0 Å². The highest BCUT2D eigenvalue weighted by Crippen LogP contribution is 2.24. The Hall–Kier alpha value is -1.35. The smallest absolute Gasteiger partial charge is 0.228 e. The van der Waals surface area contributed by atoms with E-state index in [0.29, 0.717) is 6.42 Å². The van der Waals surface area contributed by atoms with Gasteiger partial charge in [-0.25, -0.2) is 0 Å². The molecule has 0 radical (unpaired) electrons. The number of benzene rings is 1. The lowest BCUT2D eigenvalue weighted by Gasteiger charge is -2.06. The Kier molecular flexibility index (Phi) is 2.25. The second-order valence-corrected chi connectivity index (χ2v) is 3.90. The molecule has 1 aliphatic heterocycles. The summed E-state index contributed by atoms with van der Waals surface area (Å²) in [7, 11) is 0. The van der Waals surface area contributed by atoms with E-state index in [0.717, 1.165) is 17.7 Å². The van der Waals surface area contributed by atoms with Gasteiger partial charge in [-0.05, 0) is 30.5 Å². The van der Waals surface area contributed by atoms with Crippen molar-refractivity contribution in [3.05, 3.63) is 29.3 Å². The molecule has 0 bridgehead atoms. The minimum absolute atomic E-state index is 0.0814. The number of fused-ring (bicyclic) bond motifs is 1. The predicted octanol–water partition coefficient (Wildman–Crippen LogP) is 1.07. The Morgan fingerprint density at radius 2 is 2.36 bits per heavy atom. The summed E-state index contributed by atoms with van der Waals surface area (Å²) in [4.78, 5) is 11.1. The Labute approximate surface area is 83.3 Å². The molecule has 1 atom stereocenters. The van der Waals surface area contributed by atoms with Crippen LogP contribution < -0.4 is 11.1 Å². The van der Waals surface area contributed by atoms with Crippen LogP contribution in [0, 0.1) is 0 Å². The van der Waals surface area contributed by atoms with Crippen LogP contribution in [0.3, 0.4) is 0 Å².